The molecule has 106 valence electrons. The van der Waals surface area contributed by atoms with Crippen LogP contribution in [0, 0.1) is 5.92 Å². The molecular formula is C15H23ClN2O. The average molecular weight is 283 g/mol. The molecule has 4 heteroatoms. The smallest absolute Gasteiger partial charge is 0.129 e. The van der Waals surface area contributed by atoms with Gasteiger partial charge in [0.25, 0.3) is 0 Å². The van der Waals surface area contributed by atoms with E-state index in [2.05, 4.69) is 24.0 Å². The van der Waals surface area contributed by atoms with Crippen molar-refractivity contribution in [3.8, 4) is 0 Å². The van der Waals surface area contributed by atoms with Crippen LogP contribution < -0.4 is 0 Å². The van der Waals surface area contributed by atoms with Crippen LogP contribution in [0.1, 0.15) is 37.7 Å². The zero-order chi connectivity index (χ0) is 13.9. The molecule has 2 atom stereocenters. The highest BCUT2D eigenvalue weighted by atomic mass is 35.5. The van der Waals surface area contributed by atoms with E-state index >= 15 is 0 Å². The lowest BCUT2D eigenvalue weighted by atomic mass is 9.78. The third kappa shape index (κ3) is 3.47. The van der Waals surface area contributed by atoms with Crippen LogP contribution in [0.3, 0.4) is 0 Å². The normalized spacial score (nSPS) is 28.4. The first-order valence-electron chi connectivity index (χ1n) is 7.01. The molecule has 2 unspecified atom stereocenters. The van der Waals surface area contributed by atoms with Gasteiger partial charge in [-0.05, 0) is 33.0 Å². The fourth-order valence-corrected chi connectivity index (χ4v) is 3.21. The molecule has 1 aromatic rings. The van der Waals surface area contributed by atoms with Crippen LogP contribution >= 0.6 is 11.6 Å². The Morgan fingerprint density at radius 3 is 2.79 bits per heavy atom. The molecule has 1 aromatic heterocycles. The van der Waals surface area contributed by atoms with Crippen LogP contribution in [-0.4, -0.2) is 35.6 Å². The minimum atomic E-state index is -0.766. The van der Waals surface area contributed by atoms with Gasteiger partial charge >= 0.3 is 0 Å². The Labute approximate surface area is 120 Å². The van der Waals surface area contributed by atoms with Crippen molar-refractivity contribution in [2.75, 3.05) is 20.6 Å². The second kappa shape index (κ2) is 6.21. The van der Waals surface area contributed by atoms with Gasteiger partial charge in [0, 0.05) is 24.2 Å². The highest BCUT2D eigenvalue weighted by Crippen LogP contribution is 2.40. The van der Waals surface area contributed by atoms with E-state index in [0.717, 1.165) is 31.4 Å². The van der Waals surface area contributed by atoms with Gasteiger partial charge < -0.3 is 10.0 Å². The molecule has 1 heterocycles. The topological polar surface area (TPSA) is 36.4 Å². The van der Waals surface area contributed by atoms with Crippen molar-refractivity contribution in [2.45, 2.75) is 37.7 Å². The Bertz CT molecular complexity index is 407. The molecule has 0 aromatic carbocycles. The second-order valence-electron chi connectivity index (χ2n) is 5.85. The summed E-state index contributed by atoms with van der Waals surface area (Å²) in [6.07, 6.45) is 7.08. The molecule has 0 radical (unpaired) electrons. The summed E-state index contributed by atoms with van der Waals surface area (Å²) in [6.45, 7) is 0.902. The molecule has 1 fully saturated rings. The molecule has 0 spiro atoms. The minimum absolute atomic E-state index is 0.257. The first-order chi connectivity index (χ1) is 9.02. The van der Waals surface area contributed by atoms with Crippen LogP contribution in [0.15, 0.2) is 18.3 Å². The van der Waals surface area contributed by atoms with E-state index in [1.54, 1.807) is 12.3 Å². The third-order valence-electron chi connectivity index (χ3n) is 4.10. The van der Waals surface area contributed by atoms with Gasteiger partial charge in [-0.1, -0.05) is 36.9 Å². The fourth-order valence-electron chi connectivity index (χ4n) is 3.10. The number of hydrogen-bond donors (Lipinski definition) is 1. The second-order valence-corrected chi connectivity index (χ2v) is 6.24. The number of halogens is 1. The molecule has 0 bridgehead atoms. The molecular weight excluding hydrogens is 260 g/mol. The van der Waals surface area contributed by atoms with Gasteiger partial charge in [-0.25, -0.2) is 4.98 Å². The average Bonchev–Trinajstić information content (AvgIpc) is 2.53. The summed E-state index contributed by atoms with van der Waals surface area (Å²) in [5.74, 6) is 0.257. The Morgan fingerprint density at radius 2 is 2.16 bits per heavy atom. The SMILES string of the molecule is CN(C)CC1CCCCCC1(O)c1ccc(Cl)nc1. The maximum Gasteiger partial charge on any atom is 0.129 e. The molecule has 1 aliphatic rings. The van der Waals surface area contributed by atoms with Crippen LogP contribution in [0.5, 0.6) is 0 Å². The van der Waals surface area contributed by atoms with Crippen molar-refractivity contribution < 1.29 is 5.11 Å². The Hall–Kier alpha value is -0.640. The number of aliphatic hydroxyl groups is 1. The zero-order valence-electron chi connectivity index (χ0n) is 11.8. The number of hydrogen-bond acceptors (Lipinski definition) is 3. The van der Waals surface area contributed by atoms with Gasteiger partial charge in [0.05, 0.1) is 5.60 Å². The molecule has 1 saturated carbocycles. The predicted octanol–water partition coefficient (Wildman–Crippen LogP) is 3.06. The number of rotatable bonds is 3. The Kier molecular flexibility index (Phi) is 4.82. The predicted molar refractivity (Wildman–Crippen MR) is 78.3 cm³/mol. The highest BCUT2D eigenvalue weighted by molar-refractivity contribution is 6.29. The van der Waals surface area contributed by atoms with E-state index in [4.69, 9.17) is 11.6 Å². The molecule has 0 saturated heterocycles. The summed E-state index contributed by atoms with van der Waals surface area (Å²) in [7, 11) is 4.12. The number of nitrogens with zero attached hydrogens (tertiary/aromatic N) is 2. The maximum atomic E-state index is 11.2. The lowest BCUT2D eigenvalue weighted by molar-refractivity contribution is -0.0390. The third-order valence-corrected chi connectivity index (χ3v) is 4.32. The van der Waals surface area contributed by atoms with Gasteiger partial charge in [-0.2, -0.15) is 0 Å². The quantitative estimate of drug-likeness (QED) is 0.684. The summed E-state index contributed by atoms with van der Waals surface area (Å²) < 4.78 is 0. The van der Waals surface area contributed by atoms with E-state index in [0.29, 0.717) is 5.15 Å². The first kappa shape index (κ1) is 14.8. The summed E-state index contributed by atoms with van der Waals surface area (Å²) in [6, 6.07) is 3.69. The summed E-state index contributed by atoms with van der Waals surface area (Å²) in [4.78, 5) is 6.29. The minimum Gasteiger partial charge on any atom is -0.385 e. The van der Waals surface area contributed by atoms with E-state index in [1.165, 1.54) is 12.8 Å². The molecule has 19 heavy (non-hydrogen) atoms. The van der Waals surface area contributed by atoms with Gasteiger partial charge in [-0.15, -0.1) is 0 Å². The van der Waals surface area contributed by atoms with Crippen molar-refractivity contribution in [2.24, 2.45) is 5.92 Å². The Balaban J connectivity index is 2.30. The molecule has 3 nitrogen and oxygen atoms in total. The molecule has 0 aliphatic heterocycles. The summed E-state index contributed by atoms with van der Waals surface area (Å²) in [5.41, 5.74) is 0.142. The van der Waals surface area contributed by atoms with Crippen molar-refractivity contribution >= 4 is 11.6 Å². The largest absolute Gasteiger partial charge is 0.385 e. The van der Waals surface area contributed by atoms with Crippen LogP contribution in [-0.2, 0) is 5.60 Å². The van der Waals surface area contributed by atoms with Gasteiger partial charge in [0.15, 0.2) is 0 Å². The summed E-state index contributed by atoms with van der Waals surface area (Å²) >= 11 is 5.85. The van der Waals surface area contributed by atoms with Crippen LogP contribution in [0.2, 0.25) is 5.15 Å². The molecule has 1 aliphatic carbocycles. The van der Waals surface area contributed by atoms with Gasteiger partial charge in [0.1, 0.15) is 5.15 Å². The summed E-state index contributed by atoms with van der Waals surface area (Å²) in [5, 5.41) is 11.7. The van der Waals surface area contributed by atoms with E-state index in [-0.39, 0.29) is 5.92 Å². The highest BCUT2D eigenvalue weighted by Gasteiger charge is 2.39. The zero-order valence-corrected chi connectivity index (χ0v) is 12.5. The van der Waals surface area contributed by atoms with Crippen molar-refractivity contribution in [1.29, 1.82) is 0 Å². The van der Waals surface area contributed by atoms with Crippen molar-refractivity contribution in [3.63, 3.8) is 0 Å². The van der Waals surface area contributed by atoms with E-state index < -0.39 is 5.60 Å². The van der Waals surface area contributed by atoms with E-state index in [1.807, 2.05) is 6.07 Å². The standard InChI is InChI=1S/C15H23ClN2O/c1-18(2)11-13-6-4-3-5-9-15(13,19)12-7-8-14(16)17-10-12/h7-8,10,13,19H,3-6,9,11H2,1-2H3. The monoisotopic (exact) mass is 282 g/mol. The number of aromatic nitrogens is 1. The molecule has 2 rings (SSSR count). The lowest BCUT2D eigenvalue weighted by Crippen LogP contribution is -2.40. The van der Waals surface area contributed by atoms with Crippen molar-refractivity contribution in [3.05, 3.63) is 29.0 Å². The fraction of sp³-hybridized carbons (Fsp3) is 0.667. The van der Waals surface area contributed by atoms with E-state index in [9.17, 15) is 5.11 Å². The molecule has 0 amide bonds. The lowest BCUT2D eigenvalue weighted by Gasteiger charge is -2.36. The number of pyridine rings is 1. The van der Waals surface area contributed by atoms with Gasteiger partial charge in [-0.3, -0.25) is 0 Å². The van der Waals surface area contributed by atoms with Gasteiger partial charge in [0.2, 0.25) is 0 Å². The Morgan fingerprint density at radius 1 is 1.37 bits per heavy atom. The van der Waals surface area contributed by atoms with Crippen LogP contribution in [0.4, 0.5) is 0 Å². The van der Waals surface area contributed by atoms with Crippen molar-refractivity contribution in [1.82, 2.24) is 9.88 Å². The molecule has 1 N–H and O–H groups in total. The maximum absolute atomic E-state index is 11.2. The van der Waals surface area contributed by atoms with Crippen LogP contribution in [0.25, 0.3) is 0 Å². The first-order valence-corrected chi connectivity index (χ1v) is 7.39.